The minimum atomic E-state index is -1.23. The minimum absolute atomic E-state index is 0.0442. The maximum Gasteiger partial charge on any atom is 0.303 e. The van der Waals surface area contributed by atoms with E-state index in [-0.39, 0.29) is 37.6 Å². The van der Waals surface area contributed by atoms with E-state index in [2.05, 4.69) is 0 Å². The van der Waals surface area contributed by atoms with Gasteiger partial charge in [0.15, 0.2) is 0 Å². The van der Waals surface area contributed by atoms with Gasteiger partial charge in [0.1, 0.15) is 6.17 Å². The molecule has 1 aliphatic rings. The standard InChI is InChI=1S/C15H16FNO4/c16-10(7-8-13(18)19)4-3-9-17-14(20)11-5-1-2-6-12(11)15(17)21/h1-2,5-6,10H,3-4,7-9H2,(H,18,19). The lowest BCUT2D eigenvalue weighted by Crippen LogP contribution is -2.31. The largest absolute Gasteiger partial charge is 0.481 e. The molecular weight excluding hydrogens is 277 g/mol. The van der Waals surface area contributed by atoms with Crippen molar-refractivity contribution >= 4 is 17.8 Å². The molecule has 0 radical (unpaired) electrons. The number of carboxylic acids is 1. The molecule has 6 heteroatoms. The normalized spacial score (nSPS) is 15.2. The number of aliphatic carboxylic acids is 1. The smallest absolute Gasteiger partial charge is 0.303 e. The summed E-state index contributed by atoms with van der Waals surface area (Å²) in [6.45, 7) is 0.153. The summed E-state index contributed by atoms with van der Waals surface area (Å²) in [5, 5.41) is 8.47. The maximum absolute atomic E-state index is 13.4. The zero-order chi connectivity index (χ0) is 15.4. The van der Waals surface area contributed by atoms with Gasteiger partial charge in [-0.25, -0.2) is 4.39 Å². The Morgan fingerprint density at radius 1 is 1.14 bits per heavy atom. The number of fused-ring (bicyclic) bond motifs is 1. The number of amides is 2. The molecule has 1 aromatic rings. The molecule has 1 aromatic carbocycles. The fourth-order valence-electron chi connectivity index (χ4n) is 2.34. The molecule has 2 rings (SSSR count). The van der Waals surface area contributed by atoms with E-state index in [1.165, 1.54) is 0 Å². The Labute approximate surface area is 121 Å². The van der Waals surface area contributed by atoms with E-state index < -0.39 is 12.1 Å². The van der Waals surface area contributed by atoms with Crippen LogP contribution in [0.4, 0.5) is 4.39 Å². The quantitative estimate of drug-likeness (QED) is 0.782. The molecule has 2 amide bonds. The van der Waals surface area contributed by atoms with Crippen LogP contribution in [-0.4, -0.2) is 40.5 Å². The number of carbonyl (C=O) groups is 3. The van der Waals surface area contributed by atoms with Crippen LogP contribution >= 0.6 is 0 Å². The number of imide groups is 1. The first kappa shape index (κ1) is 15.2. The summed E-state index contributed by atoms with van der Waals surface area (Å²) in [6, 6.07) is 6.58. The van der Waals surface area contributed by atoms with Gasteiger partial charge >= 0.3 is 5.97 Å². The van der Waals surface area contributed by atoms with E-state index in [1.807, 2.05) is 0 Å². The SMILES string of the molecule is O=C(O)CCC(F)CCCN1C(=O)c2ccccc2C1=O. The summed E-state index contributed by atoms with van der Waals surface area (Å²) in [4.78, 5) is 35.5. The van der Waals surface area contributed by atoms with Crippen LogP contribution in [0.25, 0.3) is 0 Å². The van der Waals surface area contributed by atoms with Crippen molar-refractivity contribution in [3.63, 3.8) is 0 Å². The minimum Gasteiger partial charge on any atom is -0.481 e. The third kappa shape index (κ3) is 3.45. The second kappa shape index (κ2) is 6.47. The molecule has 0 bridgehead atoms. The molecule has 1 N–H and O–H groups in total. The van der Waals surface area contributed by atoms with Crippen LogP contribution in [0.3, 0.4) is 0 Å². The second-order valence-electron chi connectivity index (χ2n) is 4.98. The number of hydrogen-bond donors (Lipinski definition) is 1. The monoisotopic (exact) mass is 293 g/mol. The number of halogens is 1. The highest BCUT2D eigenvalue weighted by Crippen LogP contribution is 2.23. The van der Waals surface area contributed by atoms with Crippen molar-refractivity contribution in [3.8, 4) is 0 Å². The van der Waals surface area contributed by atoms with E-state index in [9.17, 15) is 18.8 Å². The molecule has 1 heterocycles. The molecule has 0 fully saturated rings. The van der Waals surface area contributed by atoms with Crippen molar-refractivity contribution in [1.82, 2.24) is 4.90 Å². The van der Waals surface area contributed by atoms with Gasteiger partial charge in [0, 0.05) is 13.0 Å². The van der Waals surface area contributed by atoms with Crippen LogP contribution in [0.15, 0.2) is 24.3 Å². The van der Waals surface area contributed by atoms with Gasteiger partial charge in [0.25, 0.3) is 11.8 Å². The fourth-order valence-corrected chi connectivity index (χ4v) is 2.34. The number of carboxylic acid groups (broad SMARTS) is 1. The van der Waals surface area contributed by atoms with Gasteiger partial charge in [-0.15, -0.1) is 0 Å². The molecule has 112 valence electrons. The van der Waals surface area contributed by atoms with Crippen molar-refractivity contribution in [1.29, 1.82) is 0 Å². The third-order valence-corrected chi connectivity index (χ3v) is 3.45. The van der Waals surface area contributed by atoms with Crippen molar-refractivity contribution in [3.05, 3.63) is 35.4 Å². The summed E-state index contributed by atoms with van der Waals surface area (Å²) in [5.74, 6) is -1.73. The van der Waals surface area contributed by atoms with Crippen molar-refractivity contribution in [2.24, 2.45) is 0 Å². The maximum atomic E-state index is 13.4. The second-order valence-corrected chi connectivity index (χ2v) is 4.98. The molecule has 0 saturated heterocycles. The highest BCUT2D eigenvalue weighted by molar-refractivity contribution is 6.21. The lowest BCUT2D eigenvalue weighted by molar-refractivity contribution is -0.137. The molecule has 0 aliphatic carbocycles. The van der Waals surface area contributed by atoms with E-state index >= 15 is 0 Å². The van der Waals surface area contributed by atoms with Gasteiger partial charge in [0.05, 0.1) is 11.1 Å². The number of rotatable bonds is 7. The Kier molecular flexibility index (Phi) is 4.67. The van der Waals surface area contributed by atoms with Crippen LogP contribution in [-0.2, 0) is 4.79 Å². The van der Waals surface area contributed by atoms with Gasteiger partial charge in [-0.2, -0.15) is 0 Å². The highest BCUT2D eigenvalue weighted by Gasteiger charge is 2.34. The van der Waals surface area contributed by atoms with Crippen molar-refractivity contribution in [2.75, 3.05) is 6.54 Å². The van der Waals surface area contributed by atoms with E-state index in [4.69, 9.17) is 5.11 Å². The van der Waals surface area contributed by atoms with Gasteiger partial charge in [0.2, 0.25) is 0 Å². The Balaban J connectivity index is 1.84. The number of alkyl halides is 1. The number of carbonyl (C=O) groups excluding carboxylic acids is 2. The van der Waals surface area contributed by atoms with Gasteiger partial charge < -0.3 is 5.11 Å². The van der Waals surface area contributed by atoms with E-state index in [1.54, 1.807) is 24.3 Å². The summed E-state index contributed by atoms with van der Waals surface area (Å²) in [5.41, 5.74) is 0.760. The van der Waals surface area contributed by atoms with Crippen LogP contribution in [0.2, 0.25) is 0 Å². The van der Waals surface area contributed by atoms with E-state index in [0.717, 1.165) is 4.90 Å². The Bertz CT molecular complexity index is 538. The number of hydrogen-bond acceptors (Lipinski definition) is 3. The zero-order valence-electron chi connectivity index (χ0n) is 11.4. The topological polar surface area (TPSA) is 74.7 Å². The predicted molar refractivity (Wildman–Crippen MR) is 72.8 cm³/mol. The Morgan fingerprint density at radius 2 is 1.71 bits per heavy atom. The van der Waals surface area contributed by atoms with Crippen LogP contribution in [0.1, 0.15) is 46.4 Å². The molecule has 21 heavy (non-hydrogen) atoms. The average molecular weight is 293 g/mol. The molecular formula is C15H16FNO4. The molecule has 5 nitrogen and oxygen atoms in total. The number of benzene rings is 1. The Morgan fingerprint density at radius 3 is 2.24 bits per heavy atom. The fraction of sp³-hybridized carbons (Fsp3) is 0.400. The first-order valence-corrected chi connectivity index (χ1v) is 6.82. The summed E-state index contributed by atoms with van der Waals surface area (Å²) in [6.07, 6.45) is -1.02. The molecule has 0 saturated carbocycles. The lowest BCUT2D eigenvalue weighted by Gasteiger charge is -2.14. The lowest BCUT2D eigenvalue weighted by atomic mass is 10.1. The van der Waals surface area contributed by atoms with Crippen molar-refractivity contribution < 1.29 is 23.9 Å². The van der Waals surface area contributed by atoms with Crippen LogP contribution in [0.5, 0.6) is 0 Å². The van der Waals surface area contributed by atoms with Gasteiger partial charge in [-0.3, -0.25) is 19.3 Å². The van der Waals surface area contributed by atoms with E-state index in [0.29, 0.717) is 17.5 Å². The Hall–Kier alpha value is -2.24. The molecule has 1 unspecified atom stereocenters. The van der Waals surface area contributed by atoms with Crippen LogP contribution < -0.4 is 0 Å². The molecule has 0 aromatic heterocycles. The van der Waals surface area contributed by atoms with Crippen molar-refractivity contribution in [2.45, 2.75) is 31.9 Å². The first-order valence-electron chi connectivity index (χ1n) is 6.82. The summed E-state index contributed by atoms with van der Waals surface area (Å²) < 4.78 is 13.4. The van der Waals surface area contributed by atoms with Gasteiger partial charge in [-0.1, -0.05) is 12.1 Å². The summed E-state index contributed by atoms with van der Waals surface area (Å²) in [7, 11) is 0. The third-order valence-electron chi connectivity index (χ3n) is 3.45. The molecule has 1 atom stereocenters. The first-order chi connectivity index (χ1) is 10.0. The van der Waals surface area contributed by atoms with Gasteiger partial charge in [-0.05, 0) is 31.4 Å². The zero-order valence-corrected chi connectivity index (χ0v) is 11.4. The molecule has 1 aliphatic heterocycles. The summed E-state index contributed by atoms with van der Waals surface area (Å²) >= 11 is 0. The molecule has 0 spiro atoms. The predicted octanol–water partition coefficient (Wildman–Crippen LogP) is 2.27. The van der Waals surface area contributed by atoms with Crippen LogP contribution in [0, 0.1) is 0 Å². The number of nitrogens with zero attached hydrogens (tertiary/aromatic N) is 1. The highest BCUT2D eigenvalue weighted by atomic mass is 19.1. The average Bonchev–Trinajstić information content (AvgIpc) is 2.70.